The second-order valence-corrected chi connectivity index (χ2v) is 4.14. The van der Waals surface area contributed by atoms with E-state index < -0.39 is 0 Å². The first-order valence-corrected chi connectivity index (χ1v) is 5.91. The van der Waals surface area contributed by atoms with E-state index in [1.165, 1.54) is 0 Å². The van der Waals surface area contributed by atoms with Crippen molar-refractivity contribution in [2.75, 3.05) is 45.9 Å². The molecule has 1 aliphatic rings. The molecule has 1 heterocycles. The van der Waals surface area contributed by atoms with Crippen LogP contribution in [0.3, 0.4) is 0 Å². The molecule has 1 amide bonds. The van der Waals surface area contributed by atoms with Gasteiger partial charge < -0.3 is 15.1 Å². The van der Waals surface area contributed by atoms with Crippen LogP contribution in [0.1, 0.15) is 12.8 Å². The van der Waals surface area contributed by atoms with Crippen molar-refractivity contribution in [3.8, 4) is 0 Å². The summed E-state index contributed by atoms with van der Waals surface area (Å²) in [5, 5.41) is 17.7. The maximum Gasteiger partial charge on any atom is 0.236 e. The molecule has 0 spiro atoms. The zero-order chi connectivity index (χ0) is 12.7. The minimum absolute atomic E-state index is 0.0359. The van der Waals surface area contributed by atoms with Gasteiger partial charge in [0.05, 0.1) is 19.8 Å². The topological polar surface area (TPSA) is 81.1 Å². The molecule has 1 rings (SSSR count). The van der Waals surface area contributed by atoms with Gasteiger partial charge in [0.25, 0.3) is 0 Å². The molecule has 0 saturated carbocycles. The van der Waals surface area contributed by atoms with E-state index in [1.807, 2.05) is 0 Å². The van der Waals surface area contributed by atoms with Crippen molar-refractivity contribution in [2.24, 2.45) is 0 Å². The fourth-order valence-electron chi connectivity index (χ4n) is 1.85. The lowest BCUT2D eigenvalue weighted by Crippen LogP contribution is -2.45. The van der Waals surface area contributed by atoms with E-state index in [0.717, 1.165) is 0 Å². The quantitative estimate of drug-likeness (QED) is 0.592. The van der Waals surface area contributed by atoms with Crippen LogP contribution in [0, 0.1) is 0 Å². The summed E-state index contributed by atoms with van der Waals surface area (Å²) in [6.45, 7) is 1.85. The predicted molar refractivity (Wildman–Crippen MR) is 61.4 cm³/mol. The predicted octanol–water partition coefficient (Wildman–Crippen LogP) is -1.54. The molecule has 0 atom stereocenters. The first-order valence-electron chi connectivity index (χ1n) is 5.91. The first kappa shape index (κ1) is 14.1. The molecule has 2 N–H and O–H groups in total. The molecule has 98 valence electrons. The van der Waals surface area contributed by atoms with Gasteiger partial charge >= 0.3 is 0 Å². The average Bonchev–Trinajstić information content (AvgIpc) is 2.30. The molecule has 0 unspecified atom stereocenters. The normalized spacial score (nSPS) is 16.6. The van der Waals surface area contributed by atoms with Gasteiger partial charge in [-0.1, -0.05) is 0 Å². The maximum atomic E-state index is 11.9. The minimum atomic E-state index is -0.0422. The van der Waals surface area contributed by atoms with Crippen molar-refractivity contribution < 1.29 is 19.8 Å². The van der Waals surface area contributed by atoms with Crippen molar-refractivity contribution in [3.05, 3.63) is 0 Å². The zero-order valence-corrected chi connectivity index (χ0v) is 9.97. The molecule has 6 nitrogen and oxygen atoms in total. The molecule has 1 fully saturated rings. The first-order chi connectivity index (χ1) is 8.17. The lowest BCUT2D eigenvalue weighted by Gasteiger charge is -2.29. The molecular formula is C11H20N2O4. The van der Waals surface area contributed by atoms with Crippen LogP contribution in [-0.4, -0.2) is 77.6 Å². The van der Waals surface area contributed by atoms with Crippen molar-refractivity contribution in [1.82, 2.24) is 9.80 Å². The van der Waals surface area contributed by atoms with Gasteiger partial charge in [0, 0.05) is 39.0 Å². The molecule has 0 aliphatic carbocycles. The van der Waals surface area contributed by atoms with Crippen LogP contribution in [0.2, 0.25) is 0 Å². The van der Waals surface area contributed by atoms with Gasteiger partial charge in [0.2, 0.25) is 5.91 Å². The minimum Gasteiger partial charge on any atom is -0.395 e. The Hall–Kier alpha value is -0.980. The van der Waals surface area contributed by atoms with E-state index in [4.69, 9.17) is 10.2 Å². The molecule has 0 aromatic carbocycles. The average molecular weight is 244 g/mol. The van der Waals surface area contributed by atoms with Gasteiger partial charge in [-0.3, -0.25) is 14.5 Å². The van der Waals surface area contributed by atoms with Crippen molar-refractivity contribution in [1.29, 1.82) is 0 Å². The Labute approximate surface area is 101 Å². The van der Waals surface area contributed by atoms with Crippen LogP contribution in [0.4, 0.5) is 0 Å². The Bertz CT molecular complexity index is 254. The van der Waals surface area contributed by atoms with Crippen LogP contribution in [-0.2, 0) is 9.59 Å². The monoisotopic (exact) mass is 244 g/mol. The summed E-state index contributed by atoms with van der Waals surface area (Å²) in [5.41, 5.74) is 0. The SMILES string of the molecule is O=C1CCN(C(=O)CN(CCO)CCO)CC1. The third-order valence-electron chi connectivity index (χ3n) is 2.87. The number of carbonyl (C=O) groups is 2. The molecule has 6 heteroatoms. The maximum absolute atomic E-state index is 11.9. The van der Waals surface area contributed by atoms with Gasteiger partial charge in [0.1, 0.15) is 5.78 Å². The van der Waals surface area contributed by atoms with Gasteiger partial charge in [-0.2, -0.15) is 0 Å². The highest BCUT2D eigenvalue weighted by atomic mass is 16.3. The number of rotatable bonds is 6. The lowest BCUT2D eigenvalue weighted by atomic mass is 10.1. The van der Waals surface area contributed by atoms with Gasteiger partial charge in [0.15, 0.2) is 0 Å². The lowest BCUT2D eigenvalue weighted by molar-refractivity contribution is -0.135. The number of hydrogen-bond donors (Lipinski definition) is 2. The summed E-state index contributed by atoms with van der Waals surface area (Å²) < 4.78 is 0. The Kier molecular flexibility index (Phi) is 6.10. The molecule has 1 saturated heterocycles. The summed E-state index contributed by atoms with van der Waals surface area (Å²) in [5.74, 6) is 0.163. The van der Waals surface area contributed by atoms with E-state index in [-0.39, 0.29) is 31.4 Å². The van der Waals surface area contributed by atoms with E-state index in [0.29, 0.717) is 39.0 Å². The smallest absolute Gasteiger partial charge is 0.236 e. The Morgan fingerprint density at radius 2 is 1.71 bits per heavy atom. The summed E-state index contributed by atoms with van der Waals surface area (Å²) >= 11 is 0. The fourth-order valence-corrected chi connectivity index (χ4v) is 1.85. The third kappa shape index (κ3) is 4.80. The van der Waals surface area contributed by atoms with Crippen LogP contribution in [0.15, 0.2) is 0 Å². The summed E-state index contributed by atoms with van der Waals surface area (Å²) in [7, 11) is 0. The van der Waals surface area contributed by atoms with E-state index in [9.17, 15) is 9.59 Å². The number of nitrogens with zero attached hydrogens (tertiary/aromatic N) is 2. The van der Waals surface area contributed by atoms with Crippen molar-refractivity contribution >= 4 is 11.7 Å². The molecule has 0 radical (unpaired) electrons. The highest BCUT2D eigenvalue weighted by Crippen LogP contribution is 2.06. The number of carbonyl (C=O) groups excluding carboxylic acids is 2. The second-order valence-electron chi connectivity index (χ2n) is 4.14. The highest BCUT2D eigenvalue weighted by Gasteiger charge is 2.22. The molecular weight excluding hydrogens is 224 g/mol. The Morgan fingerprint density at radius 1 is 1.18 bits per heavy atom. The molecule has 0 bridgehead atoms. The molecule has 17 heavy (non-hydrogen) atoms. The number of amides is 1. The number of Topliss-reactive ketones (excluding diaryl/α,β-unsaturated/α-hetero) is 1. The van der Waals surface area contributed by atoms with Crippen LogP contribution >= 0.6 is 0 Å². The number of likely N-dealkylation sites (tertiary alicyclic amines) is 1. The number of aliphatic hydroxyl groups is 2. The molecule has 1 aliphatic heterocycles. The molecule has 0 aromatic rings. The van der Waals surface area contributed by atoms with E-state index in [2.05, 4.69) is 0 Å². The second kappa shape index (κ2) is 7.37. The third-order valence-corrected chi connectivity index (χ3v) is 2.87. The highest BCUT2D eigenvalue weighted by molar-refractivity contribution is 5.84. The summed E-state index contributed by atoms with van der Waals surface area (Å²) in [6, 6.07) is 0. The number of hydrogen-bond acceptors (Lipinski definition) is 5. The van der Waals surface area contributed by atoms with Crippen LogP contribution in [0.5, 0.6) is 0 Å². The summed E-state index contributed by atoms with van der Waals surface area (Å²) in [6.07, 6.45) is 0.872. The molecule has 0 aromatic heterocycles. The van der Waals surface area contributed by atoms with E-state index in [1.54, 1.807) is 9.80 Å². The Balaban J connectivity index is 2.37. The van der Waals surface area contributed by atoms with Crippen LogP contribution in [0.25, 0.3) is 0 Å². The van der Waals surface area contributed by atoms with Crippen molar-refractivity contribution in [2.45, 2.75) is 12.8 Å². The Morgan fingerprint density at radius 3 is 2.18 bits per heavy atom. The van der Waals surface area contributed by atoms with E-state index >= 15 is 0 Å². The van der Waals surface area contributed by atoms with Gasteiger partial charge in [-0.15, -0.1) is 0 Å². The number of ketones is 1. The van der Waals surface area contributed by atoms with Crippen molar-refractivity contribution in [3.63, 3.8) is 0 Å². The largest absolute Gasteiger partial charge is 0.395 e. The number of piperidine rings is 1. The zero-order valence-electron chi connectivity index (χ0n) is 9.97. The standard InChI is InChI=1S/C11H20N2O4/c14-7-5-12(6-8-15)9-11(17)13-3-1-10(16)2-4-13/h14-15H,1-9H2. The van der Waals surface area contributed by atoms with Gasteiger partial charge in [-0.05, 0) is 0 Å². The summed E-state index contributed by atoms with van der Waals surface area (Å²) in [4.78, 5) is 26.3. The number of aliphatic hydroxyl groups excluding tert-OH is 2. The fraction of sp³-hybridized carbons (Fsp3) is 0.818. The van der Waals surface area contributed by atoms with Gasteiger partial charge in [-0.25, -0.2) is 0 Å². The van der Waals surface area contributed by atoms with Crippen LogP contribution < -0.4 is 0 Å².